The van der Waals surface area contributed by atoms with Gasteiger partial charge in [0.1, 0.15) is 0 Å². The monoisotopic (exact) mass is 280 g/mol. The van der Waals surface area contributed by atoms with Gasteiger partial charge in [0.05, 0.1) is 13.2 Å². The van der Waals surface area contributed by atoms with E-state index in [9.17, 15) is 4.79 Å². The van der Waals surface area contributed by atoms with Gasteiger partial charge >= 0.3 is 6.01 Å². The van der Waals surface area contributed by atoms with Crippen LogP contribution in [0.15, 0.2) is 0 Å². The fourth-order valence-corrected chi connectivity index (χ4v) is 2.05. The molecule has 8 heteroatoms. The van der Waals surface area contributed by atoms with Crippen LogP contribution in [-0.4, -0.2) is 52.0 Å². The molecular weight excluding hydrogens is 260 g/mol. The van der Waals surface area contributed by atoms with E-state index in [1.807, 2.05) is 11.8 Å². The van der Waals surface area contributed by atoms with Crippen molar-refractivity contribution in [2.24, 2.45) is 0 Å². The summed E-state index contributed by atoms with van der Waals surface area (Å²) in [4.78, 5) is 25.6. The van der Waals surface area contributed by atoms with Gasteiger partial charge < -0.3 is 20.7 Å². The van der Waals surface area contributed by atoms with Crippen molar-refractivity contribution in [2.75, 3.05) is 37.3 Å². The highest BCUT2D eigenvalue weighted by Crippen LogP contribution is 2.10. The summed E-state index contributed by atoms with van der Waals surface area (Å²) in [5.74, 6) is 0.365. The van der Waals surface area contributed by atoms with Crippen molar-refractivity contribution in [1.29, 1.82) is 0 Å². The first kappa shape index (κ1) is 14.3. The number of rotatable bonds is 5. The van der Waals surface area contributed by atoms with Gasteiger partial charge in [0.2, 0.25) is 17.8 Å². The molecule has 0 saturated carbocycles. The zero-order chi connectivity index (χ0) is 14.4. The van der Waals surface area contributed by atoms with E-state index in [4.69, 9.17) is 10.5 Å². The Morgan fingerprint density at radius 1 is 1.30 bits per heavy atom. The van der Waals surface area contributed by atoms with Crippen LogP contribution in [0.25, 0.3) is 0 Å². The highest BCUT2D eigenvalue weighted by Gasteiger charge is 2.16. The van der Waals surface area contributed by atoms with Gasteiger partial charge in [0.15, 0.2) is 0 Å². The Bertz CT molecular complexity index is 461. The number of nitrogens with zero attached hydrogens (tertiary/aromatic N) is 4. The second-order valence-electron chi connectivity index (χ2n) is 4.53. The molecule has 2 rings (SSSR count). The number of nitrogen functional groups attached to an aromatic ring is 1. The fourth-order valence-electron chi connectivity index (χ4n) is 2.05. The van der Waals surface area contributed by atoms with Crippen molar-refractivity contribution in [3.8, 4) is 6.01 Å². The normalized spacial score (nSPS) is 14.9. The minimum Gasteiger partial charge on any atom is -0.464 e. The van der Waals surface area contributed by atoms with Crippen LogP contribution in [0.4, 0.5) is 11.9 Å². The molecular formula is C12H20N6O2. The van der Waals surface area contributed by atoms with E-state index in [1.54, 1.807) is 0 Å². The molecule has 1 aromatic heterocycles. The zero-order valence-electron chi connectivity index (χ0n) is 11.6. The van der Waals surface area contributed by atoms with Crippen molar-refractivity contribution < 1.29 is 9.53 Å². The highest BCUT2D eigenvalue weighted by molar-refractivity contribution is 5.80. The van der Waals surface area contributed by atoms with E-state index >= 15 is 0 Å². The highest BCUT2D eigenvalue weighted by atomic mass is 16.5. The van der Waals surface area contributed by atoms with Gasteiger partial charge in [-0.15, -0.1) is 0 Å². The van der Waals surface area contributed by atoms with Crippen molar-refractivity contribution in [3.63, 3.8) is 0 Å². The van der Waals surface area contributed by atoms with Crippen LogP contribution < -0.4 is 15.8 Å². The van der Waals surface area contributed by atoms with E-state index in [0.717, 1.165) is 25.9 Å². The number of carbonyl (C=O) groups excluding carboxylic acids is 1. The first-order valence-corrected chi connectivity index (χ1v) is 6.85. The summed E-state index contributed by atoms with van der Waals surface area (Å²) in [5, 5.41) is 2.87. The Kier molecular flexibility index (Phi) is 4.91. The van der Waals surface area contributed by atoms with Crippen LogP contribution in [0, 0.1) is 0 Å². The predicted molar refractivity (Wildman–Crippen MR) is 74.3 cm³/mol. The third-order valence-corrected chi connectivity index (χ3v) is 3.01. The lowest BCUT2D eigenvalue weighted by atomic mass is 10.1. The van der Waals surface area contributed by atoms with Crippen LogP contribution >= 0.6 is 0 Å². The molecule has 1 aliphatic rings. The van der Waals surface area contributed by atoms with E-state index < -0.39 is 0 Å². The second kappa shape index (κ2) is 6.88. The summed E-state index contributed by atoms with van der Waals surface area (Å²) in [6.45, 7) is 4.06. The average Bonchev–Trinajstić information content (AvgIpc) is 2.45. The third kappa shape index (κ3) is 3.94. The first-order chi connectivity index (χ1) is 9.69. The molecule has 1 saturated heterocycles. The Balaban J connectivity index is 1.90. The van der Waals surface area contributed by atoms with Gasteiger partial charge in [0.25, 0.3) is 0 Å². The summed E-state index contributed by atoms with van der Waals surface area (Å²) in [5.41, 5.74) is 5.56. The number of anilines is 2. The van der Waals surface area contributed by atoms with Crippen molar-refractivity contribution >= 4 is 17.8 Å². The molecule has 2 heterocycles. The topological polar surface area (TPSA) is 106 Å². The van der Waals surface area contributed by atoms with Gasteiger partial charge in [-0.3, -0.25) is 4.79 Å². The number of hydrogen-bond acceptors (Lipinski definition) is 7. The largest absolute Gasteiger partial charge is 0.464 e. The summed E-state index contributed by atoms with van der Waals surface area (Å²) in [7, 11) is 0. The first-order valence-electron chi connectivity index (χ1n) is 6.85. The van der Waals surface area contributed by atoms with Gasteiger partial charge in [-0.05, 0) is 26.2 Å². The molecule has 1 aromatic rings. The Morgan fingerprint density at radius 3 is 2.75 bits per heavy atom. The Morgan fingerprint density at radius 2 is 2.05 bits per heavy atom. The molecule has 3 N–H and O–H groups in total. The summed E-state index contributed by atoms with van der Waals surface area (Å²) in [6.07, 6.45) is 3.33. The Hall–Kier alpha value is -2.12. The summed E-state index contributed by atoms with van der Waals surface area (Å²) >= 11 is 0. The third-order valence-electron chi connectivity index (χ3n) is 3.01. The smallest absolute Gasteiger partial charge is 0.323 e. The summed E-state index contributed by atoms with van der Waals surface area (Å²) in [6, 6.07) is 0.160. The number of hydrogen-bond donors (Lipinski definition) is 2. The van der Waals surface area contributed by atoms with Gasteiger partial charge in [-0.25, -0.2) is 0 Å². The molecule has 0 atom stereocenters. The van der Waals surface area contributed by atoms with Crippen molar-refractivity contribution in [3.05, 3.63) is 0 Å². The number of nitrogens with two attached hydrogens (primary N) is 1. The number of ether oxygens (including phenoxy) is 1. The predicted octanol–water partition coefficient (Wildman–Crippen LogP) is 0.277. The fraction of sp³-hybridized carbons (Fsp3) is 0.667. The van der Waals surface area contributed by atoms with Crippen LogP contribution in [0.5, 0.6) is 6.01 Å². The molecule has 1 fully saturated rings. The minimum absolute atomic E-state index is 0.0432. The number of carbonyl (C=O) groups is 1. The van der Waals surface area contributed by atoms with Crippen molar-refractivity contribution in [2.45, 2.75) is 26.2 Å². The molecule has 0 aromatic carbocycles. The SMILES string of the molecule is CCOc1nc(N)nc(NCC(=O)N2CCCCC2)n1. The molecule has 0 aliphatic carbocycles. The molecule has 8 nitrogen and oxygen atoms in total. The number of aromatic nitrogens is 3. The van der Waals surface area contributed by atoms with Crippen LogP contribution in [0.3, 0.4) is 0 Å². The molecule has 0 bridgehead atoms. The molecule has 110 valence electrons. The van der Waals surface area contributed by atoms with Gasteiger partial charge in [0, 0.05) is 13.1 Å². The molecule has 0 unspecified atom stereocenters. The van der Waals surface area contributed by atoms with E-state index in [-0.39, 0.29) is 30.4 Å². The molecule has 1 aliphatic heterocycles. The standard InChI is InChI=1S/C12H20N6O2/c1-2-20-12-16-10(13)15-11(17-12)14-8-9(19)18-6-4-3-5-7-18/h2-8H2,1H3,(H3,13,14,15,16,17). The van der Waals surface area contributed by atoms with Crippen LogP contribution in [0.2, 0.25) is 0 Å². The number of piperidine rings is 1. The van der Waals surface area contributed by atoms with Crippen molar-refractivity contribution in [1.82, 2.24) is 19.9 Å². The average molecular weight is 280 g/mol. The lowest BCUT2D eigenvalue weighted by Crippen LogP contribution is -2.39. The second-order valence-corrected chi connectivity index (χ2v) is 4.53. The van der Waals surface area contributed by atoms with Gasteiger partial charge in [-0.2, -0.15) is 15.0 Å². The zero-order valence-corrected chi connectivity index (χ0v) is 11.6. The maximum Gasteiger partial charge on any atom is 0.323 e. The van der Waals surface area contributed by atoms with E-state index in [0.29, 0.717) is 6.61 Å². The minimum atomic E-state index is 0.0432. The molecule has 0 spiro atoms. The lowest BCUT2D eigenvalue weighted by Gasteiger charge is -2.26. The molecule has 20 heavy (non-hydrogen) atoms. The van der Waals surface area contributed by atoms with Gasteiger partial charge in [-0.1, -0.05) is 0 Å². The lowest BCUT2D eigenvalue weighted by molar-refractivity contribution is -0.130. The summed E-state index contributed by atoms with van der Waals surface area (Å²) < 4.78 is 5.17. The van der Waals surface area contributed by atoms with Crippen LogP contribution in [-0.2, 0) is 4.79 Å². The number of likely N-dealkylation sites (tertiary alicyclic amines) is 1. The number of nitrogens with one attached hydrogen (secondary N) is 1. The quantitative estimate of drug-likeness (QED) is 0.797. The molecule has 0 radical (unpaired) electrons. The van der Waals surface area contributed by atoms with Crippen LogP contribution in [0.1, 0.15) is 26.2 Å². The molecule has 1 amide bonds. The Labute approximate surface area is 117 Å². The maximum atomic E-state index is 12.0. The number of amides is 1. The maximum absolute atomic E-state index is 12.0. The van der Waals surface area contributed by atoms with E-state index in [2.05, 4.69) is 20.3 Å². The van der Waals surface area contributed by atoms with E-state index in [1.165, 1.54) is 6.42 Å².